The number of hydrogen-bond acceptors (Lipinski definition) is 3. The summed E-state index contributed by atoms with van der Waals surface area (Å²) in [5.74, 6) is 0. The minimum Gasteiger partial charge on any atom is -0.371 e. The molecule has 20 heavy (non-hydrogen) atoms. The highest BCUT2D eigenvalue weighted by atomic mass is 15.1. The highest BCUT2D eigenvalue weighted by Gasteiger charge is 2.14. The second-order valence-corrected chi connectivity index (χ2v) is 5.29. The highest BCUT2D eigenvalue weighted by Crippen LogP contribution is 2.24. The molecule has 1 aromatic heterocycles. The molecule has 1 saturated heterocycles. The number of para-hydroxylation sites is 1. The number of benzene rings is 1. The number of nitrogens with zero attached hydrogens (tertiary/aromatic N) is 2. The maximum atomic E-state index is 4.14. The van der Waals surface area contributed by atoms with Crippen molar-refractivity contribution in [2.75, 3.05) is 18.0 Å². The molecule has 0 radical (unpaired) electrons. The van der Waals surface area contributed by atoms with Gasteiger partial charge in [-0.1, -0.05) is 24.3 Å². The molecule has 3 nitrogen and oxygen atoms in total. The van der Waals surface area contributed by atoms with Gasteiger partial charge in [-0.3, -0.25) is 4.98 Å². The summed E-state index contributed by atoms with van der Waals surface area (Å²) in [6, 6.07) is 12.8. The molecule has 0 unspecified atom stereocenters. The van der Waals surface area contributed by atoms with E-state index in [9.17, 15) is 0 Å². The maximum Gasteiger partial charge on any atom is 0.0411 e. The van der Waals surface area contributed by atoms with E-state index in [1.165, 1.54) is 42.7 Å². The zero-order chi connectivity index (χ0) is 13.6. The zero-order valence-electron chi connectivity index (χ0n) is 11.8. The third-order valence-corrected chi connectivity index (χ3v) is 3.81. The lowest BCUT2D eigenvalue weighted by molar-refractivity contribution is 0.689. The molecule has 2 aromatic rings. The van der Waals surface area contributed by atoms with Crippen LogP contribution in [0.5, 0.6) is 0 Å². The van der Waals surface area contributed by atoms with Crippen molar-refractivity contribution < 1.29 is 0 Å². The van der Waals surface area contributed by atoms with E-state index in [2.05, 4.69) is 45.5 Å². The van der Waals surface area contributed by atoms with Crippen molar-refractivity contribution in [1.82, 2.24) is 10.3 Å². The lowest BCUT2D eigenvalue weighted by atomic mass is 10.1. The van der Waals surface area contributed by atoms with Gasteiger partial charge in [-0.2, -0.15) is 0 Å². The van der Waals surface area contributed by atoms with Crippen LogP contribution in [0.1, 0.15) is 24.0 Å². The van der Waals surface area contributed by atoms with Gasteiger partial charge in [-0.15, -0.1) is 0 Å². The Hall–Kier alpha value is -1.87. The number of rotatable bonds is 5. The van der Waals surface area contributed by atoms with Crippen molar-refractivity contribution in [1.29, 1.82) is 0 Å². The van der Waals surface area contributed by atoms with Crippen LogP contribution in [0.3, 0.4) is 0 Å². The van der Waals surface area contributed by atoms with Crippen molar-refractivity contribution in [3.05, 3.63) is 59.9 Å². The fourth-order valence-electron chi connectivity index (χ4n) is 2.77. The molecule has 0 spiro atoms. The Kier molecular flexibility index (Phi) is 4.28. The molecule has 2 heterocycles. The van der Waals surface area contributed by atoms with Crippen LogP contribution < -0.4 is 10.2 Å². The molecule has 3 rings (SSSR count). The van der Waals surface area contributed by atoms with Crippen molar-refractivity contribution in [2.24, 2.45) is 0 Å². The standard InChI is InChI=1S/C17H21N3/c1-2-8-17(20-10-3-4-11-20)16(7-1)14-19-13-15-6-5-9-18-12-15/h1-2,5-9,12,19H,3-4,10-11,13-14H2. The fraction of sp³-hybridized carbons (Fsp3) is 0.353. The second-order valence-electron chi connectivity index (χ2n) is 5.29. The van der Waals surface area contributed by atoms with Crippen LogP contribution in [0.2, 0.25) is 0 Å². The van der Waals surface area contributed by atoms with Crippen LogP contribution in [-0.2, 0) is 13.1 Å². The summed E-state index contributed by atoms with van der Waals surface area (Å²) in [5, 5.41) is 3.52. The summed E-state index contributed by atoms with van der Waals surface area (Å²) in [6.07, 6.45) is 6.36. The molecule has 0 saturated carbocycles. The van der Waals surface area contributed by atoms with Crippen LogP contribution in [0, 0.1) is 0 Å². The van der Waals surface area contributed by atoms with E-state index >= 15 is 0 Å². The number of nitrogens with one attached hydrogen (secondary N) is 1. The first-order valence-corrected chi connectivity index (χ1v) is 7.36. The van der Waals surface area contributed by atoms with Gasteiger partial charge in [0.2, 0.25) is 0 Å². The number of anilines is 1. The smallest absolute Gasteiger partial charge is 0.0411 e. The van der Waals surface area contributed by atoms with Crippen LogP contribution in [0.4, 0.5) is 5.69 Å². The molecule has 1 aliphatic heterocycles. The Morgan fingerprint density at radius 2 is 1.85 bits per heavy atom. The predicted octanol–water partition coefficient (Wildman–Crippen LogP) is 2.97. The first kappa shape index (κ1) is 13.1. The quantitative estimate of drug-likeness (QED) is 0.902. The monoisotopic (exact) mass is 267 g/mol. The maximum absolute atomic E-state index is 4.14. The van der Waals surface area contributed by atoms with Gasteiger partial charge in [0, 0.05) is 44.3 Å². The van der Waals surface area contributed by atoms with Gasteiger partial charge in [0.05, 0.1) is 0 Å². The minimum atomic E-state index is 0.863. The van der Waals surface area contributed by atoms with Crippen LogP contribution in [0.25, 0.3) is 0 Å². The largest absolute Gasteiger partial charge is 0.371 e. The molecule has 1 aliphatic rings. The summed E-state index contributed by atoms with van der Waals surface area (Å²) in [7, 11) is 0. The third-order valence-electron chi connectivity index (χ3n) is 3.81. The van der Waals surface area contributed by atoms with E-state index < -0.39 is 0 Å². The van der Waals surface area contributed by atoms with Crippen LogP contribution in [0.15, 0.2) is 48.8 Å². The summed E-state index contributed by atoms with van der Waals surface area (Å²) in [6.45, 7) is 4.16. The predicted molar refractivity (Wildman–Crippen MR) is 82.7 cm³/mol. The molecular weight excluding hydrogens is 246 g/mol. The van der Waals surface area contributed by atoms with Crippen molar-refractivity contribution in [3.8, 4) is 0 Å². The molecule has 0 amide bonds. The molecule has 1 N–H and O–H groups in total. The van der Waals surface area contributed by atoms with Crippen molar-refractivity contribution >= 4 is 5.69 Å². The van der Waals surface area contributed by atoms with E-state index in [0.29, 0.717) is 0 Å². The first-order valence-electron chi connectivity index (χ1n) is 7.36. The Balaban J connectivity index is 1.62. The molecule has 104 valence electrons. The molecular formula is C17H21N3. The zero-order valence-corrected chi connectivity index (χ0v) is 11.8. The second kappa shape index (κ2) is 6.53. The van der Waals surface area contributed by atoms with Gasteiger partial charge in [0.15, 0.2) is 0 Å². The third kappa shape index (κ3) is 3.17. The minimum absolute atomic E-state index is 0.863. The van der Waals surface area contributed by atoms with E-state index in [1.54, 1.807) is 0 Å². The Morgan fingerprint density at radius 1 is 1.00 bits per heavy atom. The van der Waals surface area contributed by atoms with E-state index in [4.69, 9.17) is 0 Å². The van der Waals surface area contributed by atoms with Gasteiger partial charge in [-0.25, -0.2) is 0 Å². The fourth-order valence-corrected chi connectivity index (χ4v) is 2.77. The molecule has 1 fully saturated rings. The topological polar surface area (TPSA) is 28.2 Å². The number of pyridine rings is 1. The lowest BCUT2D eigenvalue weighted by Crippen LogP contribution is -2.21. The average molecular weight is 267 g/mol. The molecule has 0 atom stereocenters. The van der Waals surface area contributed by atoms with E-state index in [-0.39, 0.29) is 0 Å². The van der Waals surface area contributed by atoms with Gasteiger partial charge in [-0.05, 0) is 36.1 Å². The Bertz CT molecular complexity index is 533. The summed E-state index contributed by atoms with van der Waals surface area (Å²) < 4.78 is 0. The average Bonchev–Trinajstić information content (AvgIpc) is 3.03. The van der Waals surface area contributed by atoms with Gasteiger partial charge in [0.25, 0.3) is 0 Å². The Labute approximate surface area is 120 Å². The lowest BCUT2D eigenvalue weighted by Gasteiger charge is -2.21. The number of hydrogen-bond donors (Lipinski definition) is 1. The SMILES string of the molecule is c1cncc(CNCc2ccccc2N2CCCC2)c1. The van der Waals surface area contributed by atoms with Crippen molar-refractivity contribution in [3.63, 3.8) is 0 Å². The highest BCUT2D eigenvalue weighted by molar-refractivity contribution is 5.54. The van der Waals surface area contributed by atoms with Crippen molar-refractivity contribution in [2.45, 2.75) is 25.9 Å². The Morgan fingerprint density at radius 3 is 2.65 bits per heavy atom. The molecule has 1 aromatic carbocycles. The normalized spacial score (nSPS) is 14.7. The summed E-state index contributed by atoms with van der Waals surface area (Å²) >= 11 is 0. The van der Waals surface area contributed by atoms with E-state index in [1.807, 2.05) is 18.5 Å². The van der Waals surface area contributed by atoms with Crippen LogP contribution >= 0.6 is 0 Å². The molecule has 0 aliphatic carbocycles. The van der Waals surface area contributed by atoms with Gasteiger partial charge in [0.1, 0.15) is 0 Å². The summed E-state index contributed by atoms with van der Waals surface area (Å²) in [4.78, 5) is 6.64. The number of aromatic nitrogens is 1. The van der Waals surface area contributed by atoms with E-state index in [0.717, 1.165) is 13.1 Å². The first-order chi connectivity index (χ1) is 9.93. The van der Waals surface area contributed by atoms with Gasteiger partial charge < -0.3 is 10.2 Å². The van der Waals surface area contributed by atoms with Crippen LogP contribution in [-0.4, -0.2) is 18.1 Å². The van der Waals surface area contributed by atoms with Gasteiger partial charge >= 0.3 is 0 Å². The molecule has 0 bridgehead atoms. The summed E-state index contributed by atoms with van der Waals surface area (Å²) in [5.41, 5.74) is 4.01. The molecule has 3 heteroatoms.